The van der Waals surface area contributed by atoms with Crippen LogP contribution in [0.3, 0.4) is 0 Å². The van der Waals surface area contributed by atoms with Crippen molar-refractivity contribution >= 4 is 59.0 Å². The van der Waals surface area contributed by atoms with Crippen LogP contribution in [-0.4, -0.2) is 125 Å². The molecular weight excluding hydrogens is 959 g/mol. The Morgan fingerprint density at radius 2 is 1.58 bits per heavy atom. The van der Waals surface area contributed by atoms with E-state index < -0.39 is 113 Å². The van der Waals surface area contributed by atoms with Gasteiger partial charge in [0.25, 0.3) is 11.6 Å². The van der Waals surface area contributed by atoms with E-state index >= 15 is 0 Å². The largest absolute Gasteiger partial charge is 0.514 e. The Hall–Kier alpha value is -7.63. The summed E-state index contributed by atoms with van der Waals surface area (Å²) in [4.78, 5) is 128. The normalized spacial score (nSPS) is 24.7. The summed E-state index contributed by atoms with van der Waals surface area (Å²) in [6.45, 7) is 24.5. The summed E-state index contributed by atoms with van der Waals surface area (Å²) >= 11 is 0. The Morgan fingerprint density at radius 3 is 2.14 bits per heavy atom. The molecule has 1 heterocycles. The highest BCUT2D eigenvalue weighted by molar-refractivity contribution is 5.96. The number of non-ortho nitro benzene ring substituents is 1. The van der Waals surface area contributed by atoms with Crippen LogP contribution in [0.5, 0.6) is 5.75 Å². The number of nitrogens with one attached hydrogen (secondary N) is 3. The summed E-state index contributed by atoms with van der Waals surface area (Å²) in [7, 11) is 2.73. The van der Waals surface area contributed by atoms with E-state index in [4.69, 9.17) is 25.5 Å². The number of likely N-dealkylation sites (N-methyl/N-ethyl adjacent to an activating group) is 2. The molecule has 3 N–H and O–H groups in total. The number of benzene rings is 2. The zero-order valence-corrected chi connectivity index (χ0v) is 44.5. The van der Waals surface area contributed by atoms with Gasteiger partial charge in [-0.05, 0) is 83.1 Å². The molecule has 2 aromatic rings. The SMILES string of the molecule is [C-]#[N+]c1ccc(C[C@@H]2C(=O)N(C)CC(=O)N[C@@H](C(C)CC)C(=O)NC(C)(C)C(=O)O[C@H](/C(C)=C/C)[C@@H](C)[C@@H](OC(=O)Oc3ccc([N+](=O)[O-])cc3)C/C=C(\C)C(=O)O[C@H](CC(C)C)C(=O)N[C@@H](C)C(=O)N2C)cc1. The van der Waals surface area contributed by atoms with Gasteiger partial charge in [0.2, 0.25) is 23.6 Å². The Labute approximate surface area is 432 Å². The highest BCUT2D eigenvalue weighted by Gasteiger charge is 2.41. The van der Waals surface area contributed by atoms with Gasteiger partial charge in [0.05, 0.1) is 18.0 Å². The number of amides is 5. The van der Waals surface area contributed by atoms with Crippen LogP contribution in [0.2, 0.25) is 0 Å². The van der Waals surface area contributed by atoms with Crippen LogP contribution in [0.15, 0.2) is 71.8 Å². The van der Waals surface area contributed by atoms with Crippen LogP contribution in [-0.2, 0) is 54.2 Å². The molecule has 8 atom stereocenters. The molecule has 1 aliphatic rings. The van der Waals surface area contributed by atoms with Gasteiger partial charge in [-0.1, -0.05) is 77.5 Å². The van der Waals surface area contributed by atoms with Gasteiger partial charge in [-0.25, -0.2) is 19.2 Å². The number of esters is 2. The quantitative estimate of drug-likeness (QED) is 0.0448. The fraction of sp³-hybridized carbons (Fsp3) is 0.528. The summed E-state index contributed by atoms with van der Waals surface area (Å²) in [6, 6.07) is 7.32. The number of ether oxygens (including phenoxy) is 4. The Balaban J connectivity index is 2.17. The second-order valence-electron chi connectivity index (χ2n) is 19.5. The van der Waals surface area contributed by atoms with Gasteiger partial charge < -0.3 is 44.7 Å². The minimum atomic E-state index is -1.74. The minimum Gasteiger partial charge on any atom is -0.456 e. The van der Waals surface area contributed by atoms with Crippen LogP contribution < -0.4 is 20.7 Å². The van der Waals surface area contributed by atoms with E-state index in [1.54, 1.807) is 78.8 Å². The molecule has 0 aliphatic carbocycles. The third-order valence-electron chi connectivity index (χ3n) is 12.7. The topological polar surface area (TPSA) is 264 Å². The molecule has 0 fully saturated rings. The highest BCUT2D eigenvalue weighted by Crippen LogP contribution is 2.28. The first-order chi connectivity index (χ1) is 34.6. The number of cyclic esters (lactones) is 2. The maximum Gasteiger partial charge on any atom is 0.514 e. The molecule has 1 aliphatic heterocycles. The summed E-state index contributed by atoms with van der Waals surface area (Å²) in [5.41, 5.74) is -0.582. The van der Waals surface area contributed by atoms with Gasteiger partial charge >= 0.3 is 18.1 Å². The lowest BCUT2D eigenvalue weighted by Gasteiger charge is -2.35. The number of hydrogen-bond donors (Lipinski definition) is 3. The van der Waals surface area contributed by atoms with E-state index in [0.717, 1.165) is 21.9 Å². The number of nitro benzene ring substituents is 1. The molecule has 402 valence electrons. The number of allylic oxidation sites excluding steroid dienone is 1. The summed E-state index contributed by atoms with van der Waals surface area (Å²) in [5, 5.41) is 19.3. The summed E-state index contributed by atoms with van der Waals surface area (Å²) in [5.74, 6) is -7.14. The van der Waals surface area contributed by atoms with Crippen LogP contribution >= 0.6 is 0 Å². The Morgan fingerprint density at radius 1 is 0.959 bits per heavy atom. The molecule has 0 saturated heterocycles. The van der Waals surface area contributed by atoms with Crippen molar-refractivity contribution in [2.24, 2.45) is 17.8 Å². The number of hydrogen-bond acceptors (Lipinski definition) is 14. The van der Waals surface area contributed by atoms with E-state index in [0.29, 0.717) is 23.2 Å². The van der Waals surface area contributed by atoms with Crippen molar-refractivity contribution in [2.75, 3.05) is 20.6 Å². The molecule has 21 heteroatoms. The zero-order valence-electron chi connectivity index (χ0n) is 44.5. The molecule has 21 nitrogen and oxygen atoms in total. The predicted molar refractivity (Wildman–Crippen MR) is 272 cm³/mol. The number of nitro groups is 1. The molecule has 74 heavy (non-hydrogen) atoms. The van der Waals surface area contributed by atoms with Crippen molar-refractivity contribution in [3.63, 3.8) is 0 Å². The van der Waals surface area contributed by atoms with Crippen molar-refractivity contribution < 1.29 is 62.2 Å². The first-order valence-corrected chi connectivity index (χ1v) is 24.4. The van der Waals surface area contributed by atoms with Gasteiger partial charge in [0.1, 0.15) is 41.6 Å². The molecule has 5 amide bonds. The number of carbonyl (C=O) groups excluding carboxylic acids is 8. The van der Waals surface area contributed by atoms with Crippen LogP contribution in [0, 0.1) is 34.4 Å². The molecule has 0 radical (unpaired) electrons. The third kappa shape index (κ3) is 17.3. The average molecular weight is 1030 g/mol. The third-order valence-corrected chi connectivity index (χ3v) is 12.7. The molecule has 0 saturated carbocycles. The first kappa shape index (κ1) is 60.7. The molecule has 2 aromatic carbocycles. The van der Waals surface area contributed by atoms with E-state index in [2.05, 4.69) is 20.8 Å². The van der Waals surface area contributed by atoms with Gasteiger partial charge in [-0.15, -0.1) is 0 Å². The van der Waals surface area contributed by atoms with Gasteiger partial charge in [-0.2, -0.15) is 0 Å². The Bertz CT molecular complexity index is 2480. The van der Waals surface area contributed by atoms with Crippen molar-refractivity contribution in [3.05, 3.63) is 98.9 Å². The van der Waals surface area contributed by atoms with Crippen molar-refractivity contribution in [1.29, 1.82) is 0 Å². The van der Waals surface area contributed by atoms with E-state index in [-0.39, 0.29) is 42.2 Å². The Kier molecular flexibility index (Phi) is 22.5. The molecule has 0 spiro atoms. The van der Waals surface area contributed by atoms with Crippen LogP contribution in [0.4, 0.5) is 16.2 Å². The number of rotatable bonds is 10. The molecule has 0 bridgehead atoms. The lowest BCUT2D eigenvalue weighted by Crippen LogP contribution is -2.60. The smallest absolute Gasteiger partial charge is 0.456 e. The summed E-state index contributed by atoms with van der Waals surface area (Å²) in [6.07, 6.45) is -1.75. The monoisotopic (exact) mass is 1030 g/mol. The second kappa shape index (κ2) is 27.4. The average Bonchev–Trinajstić information content (AvgIpc) is 3.35. The van der Waals surface area contributed by atoms with E-state index in [1.807, 2.05) is 0 Å². The van der Waals surface area contributed by atoms with E-state index in [9.17, 15) is 48.5 Å². The van der Waals surface area contributed by atoms with Gasteiger partial charge in [0.15, 0.2) is 11.8 Å². The standard InChI is InChI=1S/C53H71N7O14/c1-15-31(5)44-47(63)57-53(10,11)51(67)74-45(32(6)16-2)34(8)41(73-52(68)71-39-24-22-38(23-25-39)60(69)70)26-17-33(7)50(66)72-42(27-30(3)4)46(62)55-35(9)48(64)59(14)40(49(65)58(13)29-43(61)56-44)28-36-18-20-37(54-12)21-19-36/h16-25,30-31,34-35,40-42,44-45H,15,26-29H2,1-11,13-14H3,(H,55,62)(H,56,61)(H,57,63)/b32-16+,33-17+/t31?,34-,35-,40+,41-,42+,44-,45+/m0/s1. The van der Waals surface area contributed by atoms with Crippen molar-refractivity contribution in [2.45, 2.75) is 144 Å². The molecule has 0 aromatic heterocycles. The highest BCUT2D eigenvalue weighted by atomic mass is 16.7. The predicted octanol–water partition coefficient (Wildman–Crippen LogP) is 6.31. The number of nitrogens with zero attached hydrogens (tertiary/aromatic N) is 4. The minimum absolute atomic E-state index is 0.0145. The van der Waals surface area contributed by atoms with E-state index in [1.165, 1.54) is 60.0 Å². The maximum absolute atomic E-state index is 14.4. The lowest BCUT2D eigenvalue weighted by atomic mass is 9.90. The molecule has 1 unspecified atom stereocenters. The maximum atomic E-state index is 14.4. The fourth-order valence-corrected chi connectivity index (χ4v) is 7.77. The number of carbonyl (C=O) groups is 8. The molecular formula is C53H71N7O14. The lowest BCUT2D eigenvalue weighted by molar-refractivity contribution is -0.384. The van der Waals surface area contributed by atoms with Gasteiger partial charge in [-0.3, -0.25) is 34.1 Å². The van der Waals surface area contributed by atoms with Crippen molar-refractivity contribution in [3.8, 4) is 5.75 Å². The molecule has 3 rings (SSSR count). The zero-order chi connectivity index (χ0) is 55.8. The van der Waals surface area contributed by atoms with Crippen LogP contribution in [0.1, 0.15) is 101 Å². The summed E-state index contributed by atoms with van der Waals surface area (Å²) < 4.78 is 23.1. The fourth-order valence-electron chi connectivity index (χ4n) is 7.77. The first-order valence-electron chi connectivity index (χ1n) is 24.4. The van der Waals surface area contributed by atoms with Gasteiger partial charge in [0, 0.05) is 50.6 Å². The van der Waals surface area contributed by atoms with Crippen LogP contribution in [0.25, 0.3) is 4.85 Å². The van der Waals surface area contributed by atoms with Crippen molar-refractivity contribution in [1.82, 2.24) is 25.8 Å². The second-order valence-corrected chi connectivity index (χ2v) is 19.5.